The van der Waals surface area contributed by atoms with E-state index in [0.717, 1.165) is 6.42 Å². The number of carbonyl (C=O) groups is 2. The lowest BCUT2D eigenvalue weighted by atomic mass is 10.1. The van der Waals surface area contributed by atoms with E-state index >= 15 is 0 Å². The van der Waals surface area contributed by atoms with Crippen LogP contribution in [0.15, 0.2) is 0 Å². The van der Waals surface area contributed by atoms with Crippen molar-refractivity contribution in [3.63, 3.8) is 0 Å². The zero-order chi connectivity index (χ0) is 11.3. The van der Waals surface area contributed by atoms with Crippen molar-refractivity contribution in [1.82, 2.24) is 4.90 Å². The van der Waals surface area contributed by atoms with Crippen LogP contribution in [0, 0.1) is 0 Å². The summed E-state index contributed by atoms with van der Waals surface area (Å²) in [5.74, 6) is -1.34. The molecular weight excluding hydrogens is 184 g/mol. The second-order valence-electron chi connectivity index (χ2n) is 3.36. The smallest absolute Gasteiger partial charge is 0.326 e. The van der Waals surface area contributed by atoms with Crippen molar-refractivity contribution in [3.8, 4) is 0 Å². The average Bonchev–Trinajstić information content (AvgIpc) is 2.14. The molecule has 0 fully saturated rings. The van der Waals surface area contributed by atoms with E-state index in [4.69, 9.17) is 10.8 Å². The van der Waals surface area contributed by atoms with Gasteiger partial charge in [-0.25, -0.2) is 4.79 Å². The van der Waals surface area contributed by atoms with Gasteiger partial charge in [0.05, 0.1) is 6.04 Å². The van der Waals surface area contributed by atoms with Crippen molar-refractivity contribution in [3.05, 3.63) is 0 Å². The number of aliphatic carboxylic acids is 1. The van der Waals surface area contributed by atoms with Gasteiger partial charge in [0, 0.05) is 7.05 Å². The van der Waals surface area contributed by atoms with Crippen LogP contribution in [0.3, 0.4) is 0 Å². The Labute approximate surface area is 83.9 Å². The van der Waals surface area contributed by atoms with Gasteiger partial charge in [0.1, 0.15) is 6.04 Å². The Kier molecular flexibility index (Phi) is 5.15. The van der Waals surface area contributed by atoms with Gasteiger partial charge in [-0.1, -0.05) is 13.3 Å². The Morgan fingerprint density at radius 3 is 2.36 bits per heavy atom. The molecule has 0 saturated carbocycles. The van der Waals surface area contributed by atoms with Crippen LogP contribution in [-0.2, 0) is 9.59 Å². The lowest BCUT2D eigenvalue weighted by Gasteiger charge is -2.24. The molecule has 0 aliphatic heterocycles. The number of carbonyl (C=O) groups excluding carboxylic acids is 1. The fourth-order valence-electron chi connectivity index (χ4n) is 1.05. The topological polar surface area (TPSA) is 83.6 Å². The molecule has 0 aliphatic rings. The highest BCUT2D eigenvalue weighted by Gasteiger charge is 2.25. The van der Waals surface area contributed by atoms with Crippen LogP contribution < -0.4 is 5.73 Å². The summed E-state index contributed by atoms with van der Waals surface area (Å²) in [7, 11) is 1.46. The molecule has 0 rings (SSSR count). The molecule has 0 bridgehead atoms. The Morgan fingerprint density at radius 1 is 1.50 bits per heavy atom. The Hall–Kier alpha value is -1.10. The maximum atomic E-state index is 11.5. The molecule has 0 aromatic heterocycles. The van der Waals surface area contributed by atoms with Crippen molar-refractivity contribution < 1.29 is 14.7 Å². The third-order valence-corrected chi connectivity index (χ3v) is 2.20. The molecule has 0 spiro atoms. The summed E-state index contributed by atoms with van der Waals surface area (Å²) < 4.78 is 0. The second-order valence-corrected chi connectivity index (χ2v) is 3.36. The van der Waals surface area contributed by atoms with Crippen LogP contribution in [0.4, 0.5) is 0 Å². The fourth-order valence-corrected chi connectivity index (χ4v) is 1.05. The fraction of sp³-hybridized carbons (Fsp3) is 0.778. The van der Waals surface area contributed by atoms with Crippen LogP contribution in [0.25, 0.3) is 0 Å². The first-order valence-corrected chi connectivity index (χ1v) is 4.66. The van der Waals surface area contributed by atoms with E-state index in [1.54, 1.807) is 0 Å². The minimum absolute atomic E-state index is 0.318. The quantitative estimate of drug-likeness (QED) is 0.659. The Morgan fingerprint density at radius 2 is 2.00 bits per heavy atom. The maximum Gasteiger partial charge on any atom is 0.326 e. The van der Waals surface area contributed by atoms with Gasteiger partial charge in [-0.3, -0.25) is 4.79 Å². The van der Waals surface area contributed by atoms with Gasteiger partial charge < -0.3 is 15.7 Å². The van der Waals surface area contributed by atoms with Gasteiger partial charge in [0.2, 0.25) is 5.91 Å². The predicted octanol–water partition coefficient (Wildman–Crippen LogP) is 0.0453. The Balaban J connectivity index is 4.30. The highest BCUT2D eigenvalue weighted by atomic mass is 16.4. The van der Waals surface area contributed by atoms with E-state index in [9.17, 15) is 9.59 Å². The van der Waals surface area contributed by atoms with Crippen molar-refractivity contribution in [1.29, 1.82) is 0 Å². The number of rotatable bonds is 5. The molecule has 0 heterocycles. The number of hydrogen-bond acceptors (Lipinski definition) is 3. The average molecular weight is 202 g/mol. The highest BCUT2D eigenvalue weighted by Crippen LogP contribution is 2.02. The monoisotopic (exact) mass is 202 g/mol. The Bertz CT molecular complexity index is 218. The van der Waals surface area contributed by atoms with Gasteiger partial charge >= 0.3 is 5.97 Å². The molecule has 3 N–H and O–H groups in total. The molecule has 5 heteroatoms. The molecule has 0 saturated heterocycles. The maximum absolute atomic E-state index is 11.5. The molecule has 0 aromatic carbocycles. The van der Waals surface area contributed by atoms with E-state index in [-0.39, 0.29) is 5.91 Å². The van der Waals surface area contributed by atoms with Gasteiger partial charge in [0.15, 0.2) is 0 Å². The van der Waals surface area contributed by atoms with Crippen LogP contribution in [0.1, 0.15) is 26.7 Å². The van der Waals surface area contributed by atoms with E-state index < -0.39 is 18.1 Å². The molecule has 5 nitrogen and oxygen atoms in total. The zero-order valence-corrected chi connectivity index (χ0v) is 8.86. The first-order valence-electron chi connectivity index (χ1n) is 4.66. The van der Waals surface area contributed by atoms with Gasteiger partial charge in [0.25, 0.3) is 0 Å². The number of amides is 1. The number of carboxylic acids is 1. The van der Waals surface area contributed by atoms with Crippen LogP contribution in [0.2, 0.25) is 0 Å². The third-order valence-electron chi connectivity index (χ3n) is 2.20. The van der Waals surface area contributed by atoms with Gasteiger partial charge in [-0.2, -0.15) is 0 Å². The van der Waals surface area contributed by atoms with Crippen LogP contribution in [-0.4, -0.2) is 41.0 Å². The lowest BCUT2D eigenvalue weighted by Crippen LogP contribution is -2.48. The van der Waals surface area contributed by atoms with Gasteiger partial charge in [-0.15, -0.1) is 0 Å². The summed E-state index contributed by atoms with van der Waals surface area (Å²) >= 11 is 0. The third kappa shape index (κ3) is 3.33. The van der Waals surface area contributed by atoms with E-state index in [1.165, 1.54) is 18.9 Å². The number of nitrogens with zero attached hydrogens (tertiary/aromatic N) is 1. The number of likely N-dealkylation sites (N-methyl/N-ethyl adjacent to an activating group) is 1. The minimum atomic E-state index is -1.02. The SMILES string of the molecule is CCCC(N)C(=O)N(C)C(C)C(=O)O. The molecule has 0 aromatic rings. The molecule has 2 atom stereocenters. The minimum Gasteiger partial charge on any atom is -0.480 e. The molecule has 82 valence electrons. The van der Waals surface area contributed by atoms with Gasteiger partial charge in [-0.05, 0) is 13.3 Å². The van der Waals surface area contributed by atoms with Crippen LogP contribution >= 0.6 is 0 Å². The summed E-state index contributed by atoms with van der Waals surface area (Å²) in [5, 5.41) is 8.68. The summed E-state index contributed by atoms with van der Waals surface area (Å²) in [6, 6.07) is -1.42. The van der Waals surface area contributed by atoms with E-state index in [0.29, 0.717) is 6.42 Å². The predicted molar refractivity (Wildman–Crippen MR) is 52.8 cm³/mol. The standard InChI is InChI=1S/C9H18N2O3/c1-4-5-7(10)8(12)11(3)6(2)9(13)14/h6-7H,4-5,10H2,1-3H3,(H,13,14). The largest absolute Gasteiger partial charge is 0.480 e. The first kappa shape index (κ1) is 12.9. The van der Waals surface area contributed by atoms with Crippen molar-refractivity contribution in [2.45, 2.75) is 38.8 Å². The molecular formula is C9H18N2O3. The van der Waals surface area contributed by atoms with Crippen LogP contribution in [0.5, 0.6) is 0 Å². The molecule has 1 amide bonds. The number of hydrogen-bond donors (Lipinski definition) is 2. The summed E-state index contributed by atoms with van der Waals surface area (Å²) in [5.41, 5.74) is 5.58. The lowest BCUT2D eigenvalue weighted by molar-refractivity contribution is -0.148. The first-order chi connectivity index (χ1) is 6.41. The second kappa shape index (κ2) is 5.59. The highest BCUT2D eigenvalue weighted by molar-refractivity contribution is 5.86. The molecule has 2 unspecified atom stereocenters. The van der Waals surface area contributed by atoms with Crippen molar-refractivity contribution in [2.24, 2.45) is 5.73 Å². The van der Waals surface area contributed by atoms with E-state index in [1.807, 2.05) is 6.92 Å². The number of nitrogens with two attached hydrogens (primary N) is 1. The molecule has 0 radical (unpaired) electrons. The van der Waals surface area contributed by atoms with E-state index in [2.05, 4.69) is 0 Å². The summed E-state index contributed by atoms with van der Waals surface area (Å²) in [6.45, 7) is 3.38. The zero-order valence-electron chi connectivity index (χ0n) is 8.86. The van der Waals surface area contributed by atoms with Crippen molar-refractivity contribution >= 4 is 11.9 Å². The van der Waals surface area contributed by atoms with Crippen molar-refractivity contribution in [2.75, 3.05) is 7.05 Å². The summed E-state index contributed by atoms with van der Waals surface area (Å²) in [4.78, 5) is 23.3. The number of carboxylic acid groups (broad SMARTS) is 1. The normalized spacial score (nSPS) is 14.6. The molecule has 0 aliphatic carbocycles. The summed E-state index contributed by atoms with van der Waals surface area (Å²) in [6.07, 6.45) is 1.39. The molecule has 14 heavy (non-hydrogen) atoms.